The third-order valence-electron chi connectivity index (χ3n) is 4.88. The standard InChI is InChI=1S/C22H16F3N3O2/c23-22(24,25)16-7-5-14(6-8-16)19-13-18(17-3-1-2-4-20(17)29)27-28(19)21(30)15-9-11-26-12-10-15/h1-12,19,29H,13H2. The molecule has 2 heterocycles. The first-order valence-corrected chi connectivity index (χ1v) is 9.11. The van der Waals surface area contributed by atoms with Crippen molar-refractivity contribution in [2.24, 2.45) is 5.10 Å². The van der Waals surface area contributed by atoms with E-state index in [2.05, 4.69) is 10.1 Å². The molecule has 8 heteroatoms. The first-order chi connectivity index (χ1) is 14.3. The minimum Gasteiger partial charge on any atom is -0.507 e. The van der Waals surface area contributed by atoms with Crippen molar-refractivity contribution in [1.29, 1.82) is 0 Å². The van der Waals surface area contributed by atoms with Crippen molar-refractivity contribution in [2.75, 3.05) is 0 Å². The second kappa shape index (κ2) is 7.62. The maximum absolute atomic E-state index is 13.1. The van der Waals surface area contributed by atoms with Crippen LogP contribution in [0.25, 0.3) is 0 Å². The van der Waals surface area contributed by atoms with Gasteiger partial charge in [-0.15, -0.1) is 0 Å². The number of carbonyl (C=O) groups is 1. The molecular formula is C22H16F3N3O2. The van der Waals surface area contributed by atoms with Crippen LogP contribution in [0.4, 0.5) is 13.2 Å². The van der Waals surface area contributed by atoms with E-state index in [1.54, 1.807) is 30.3 Å². The number of pyridine rings is 1. The molecule has 0 saturated heterocycles. The number of carbonyl (C=O) groups excluding carboxylic acids is 1. The van der Waals surface area contributed by atoms with Crippen LogP contribution in [0, 0.1) is 0 Å². The van der Waals surface area contributed by atoms with Gasteiger partial charge < -0.3 is 5.11 Å². The average molecular weight is 411 g/mol. The van der Waals surface area contributed by atoms with E-state index in [4.69, 9.17) is 0 Å². The average Bonchev–Trinajstić information content (AvgIpc) is 3.19. The second-order valence-corrected chi connectivity index (χ2v) is 6.79. The van der Waals surface area contributed by atoms with Crippen LogP contribution in [0.3, 0.4) is 0 Å². The molecular weight excluding hydrogens is 395 g/mol. The van der Waals surface area contributed by atoms with Gasteiger partial charge in [0.25, 0.3) is 5.91 Å². The van der Waals surface area contributed by atoms with Crippen molar-refractivity contribution in [3.05, 3.63) is 95.3 Å². The highest BCUT2D eigenvalue weighted by atomic mass is 19.4. The van der Waals surface area contributed by atoms with Crippen LogP contribution in [0.15, 0.2) is 78.2 Å². The molecule has 0 aliphatic carbocycles. The van der Waals surface area contributed by atoms with Crippen molar-refractivity contribution >= 4 is 11.6 Å². The van der Waals surface area contributed by atoms with Crippen LogP contribution in [-0.4, -0.2) is 26.7 Å². The Labute approximate surface area is 170 Å². The van der Waals surface area contributed by atoms with Gasteiger partial charge in [0, 0.05) is 29.9 Å². The van der Waals surface area contributed by atoms with Crippen LogP contribution < -0.4 is 0 Å². The molecule has 0 fully saturated rings. The third kappa shape index (κ3) is 3.76. The second-order valence-electron chi connectivity index (χ2n) is 6.79. The lowest BCUT2D eigenvalue weighted by atomic mass is 9.97. The summed E-state index contributed by atoms with van der Waals surface area (Å²) in [6.07, 6.45) is -1.24. The number of halogens is 3. The number of para-hydroxylation sites is 1. The number of phenolic OH excluding ortho intramolecular Hbond substituents is 1. The van der Waals surface area contributed by atoms with Gasteiger partial charge >= 0.3 is 6.18 Å². The first-order valence-electron chi connectivity index (χ1n) is 9.11. The molecule has 1 unspecified atom stereocenters. The summed E-state index contributed by atoms with van der Waals surface area (Å²) in [5.74, 6) is -0.395. The van der Waals surface area contributed by atoms with E-state index in [9.17, 15) is 23.1 Å². The molecule has 0 saturated carbocycles. The lowest BCUT2D eigenvalue weighted by Crippen LogP contribution is -2.27. The van der Waals surface area contributed by atoms with Crippen LogP contribution in [-0.2, 0) is 6.18 Å². The van der Waals surface area contributed by atoms with Gasteiger partial charge in [-0.25, -0.2) is 5.01 Å². The summed E-state index contributed by atoms with van der Waals surface area (Å²) >= 11 is 0. The molecule has 0 radical (unpaired) electrons. The van der Waals surface area contributed by atoms with E-state index in [0.29, 0.717) is 22.4 Å². The number of alkyl halides is 3. The lowest BCUT2D eigenvalue weighted by Gasteiger charge is -2.22. The summed E-state index contributed by atoms with van der Waals surface area (Å²) in [5, 5.41) is 15.8. The number of nitrogens with zero attached hydrogens (tertiary/aromatic N) is 3. The number of benzene rings is 2. The normalized spacial score (nSPS) is 16.4. The quantitative estimate of drug-likeness (QED) is 0.674. The van der Waals surface area contributed by atoms with E-state index in [0.717, 1.165) is 12.1 Å². The minimum absolute atomic E-state index is 0.0145. The van der Waals surface area contributed by atoms with E-state index >= 15 is 0 Å². The summed E-state index contributed by atoms with van der Waals surface area (Å²) in [7, 11) is 0. The van der Waals surface area contributed by atoms with Crippen molar-refractivity contribution < 1.29 is 23.1 Å². The van der Waals surface area contributed by atoms with E-state index in [-0.39, 0.29) is 12.2 Å². The SMILES string of the molecule is O=C(c1ccncc1)N1N=C(c2ccccc2O)CC1c1ccc(C(F)(F)F)cc1. The monoisotopic (exact) mass is 411 g/mol. The van der Waals surface area contributed by atoms with Crippen molar-refractivity contribution in [3.63, 3.8) is 0 Å². The molecule has 0 spiro atoms. The van der Waals surface area contributed by atoms with Gasteiger partial charge in [-0.2, -0.15) is 18.3 Å². The smallest absolute Gasteiger partial charge is 0.416 e. The van der Waals surface area contributed by atoms with Crippen LogP contribution >= 0.6 is 0 Å². The molecule has 1 aromatic heterocycles. The van der Waals surface area contributed by atoms with Crippen LogP contribution in [0.2, 0.25) is 0 Å². The molecule has 4 rings (SSSR count). The number of hydrazone groups is 1. The lowest BCUT2D eigenvalue weighted by molar-refractivity contribution is -0.137. The summed E-state index contributed by atoms with van der Waals surface area (Å²) in [4.78, 5) is 17.0. The Balaban J connectivity index is 1.73. The highest BCUT2D eigenvalue weighted by molar-refractivity contribution is 6.06. The zero-order valence-electron chi connectivity index (χ0n) is 15.5. The molecule has 30 heavy (non-hydrogen) atoms. The van der Waals surface area contributed by atoms with Gasteiger partial charge in [-0.1, -0.05) is 24.3 Å². The van der Waals surface area contributed by atoms with Gasteiger partial charge in [-0.3, -0.25) is 9.78 Å². The van der Waals surface area contributed by atoms with Gasteiger partial charge in [0.2, 0.25) is 0 Å². The Morgan fingerprint density at radius 3 is 2.30 bits per heavy atom. The fourth-order valence-electron chi connectivity index (χ4n) is 3.36. The number of phenols is 1. The number of hydrogen-bond donors (Lipinski definition) is 1. The Kier molecular flexibility index (Phi) is 4.99. The van der Waals surface area contributed by atoms with Crippen LogP contribution in [0.1, 0.15) is 39.5 Å². The van der Waals surface area contributed by atoms with Crippen molar-refractivity contribution in [3.8, 4) is 5.75 Å². The number of amides is 1. The molecule has 152 valence electrons. The number of aromatic hydroxyl groups is 1. The fourth-order valence-corrected chi connectivity index (χ4v) is 3.36. The van der Waals surface area contributed by atoms with Crippen molar-refractivity contribution in [2.45, 2.75) is 18.6 Å². The van der Waals surface area contributed by atoms with Crippen LogP contribution in [0.5, 0.6) is 5.75 Å². The van der Waals surface area contributed by atoms with Gasteiger partial charge in [0.15, 0.2) is 0 Å². The number of rotatable bonds is 3. The largest absolute Gasteiger partial charge is 0.507 e. The summed E-state index contributed by atoms with van der Waals surface area (Å²) in [5.41, 5.74) is 1.04. The fraction of sp³-hybridized carbons (Fsp3) is 0.136. The zero-order chi connectivity index (χ0) is 21.3. The predicted molar refractivity (Wildman–Crippen MR) is 104 cm³/mol. The molecule has 3 aromatic rings. The Morgan fingerprint density at radius 1 is 1.00 bits per heavy atom. The molecule has 0 bridgehead atoms. The summed E-state index contributed by atoms with van der Waals surface area (Å²) in [6, 6.07) is 13.7. The molecule has 5 nitrogen and oxygen atoms in total. The van der Waals surface area contributed by atoms with E-state index in [1.165, 1.54) is 35.6 Å². The highest BCUT2D eigenvalue weighted by Crippen LogP contribution is 2.37. The van der Waals surface area contributed by atoms with Crippen molar-refractivity contribution in [1.82, 2.24) is 9.99 Å². The Bertz CT molecular complexity index is 1100. The Morgan fingerprint density at radius 2 is 1.67 bits per heavy atom. The van der Waals surface area contributed by atoms with Gasteiger partial charge in [0.05, 0.1) is 17.3 Å². The maximum Gasteiger partial charge on any atom is 0.416 e. The minimum atomic E-state index is -4.45. The molecule has 1 amide bonds. The van der Waals surface area contributed by atoms with E-state index in [1.807, 2.05) is 0 Å². The molecule has 2 aromatic carbocycles. The Hall–Kier alpha value is -3.68. The van der Waals surface area contributed by atoms with Gasteiger partial charge in [-0.05, 0) is 42.0 Å². The maximum atomic E-state index is 13.1. The molecule has 1 N–H and O–H groups in total. The van der Waals surface area contributed by atoms with E-state index < -0.39 is 23.7 Å². The first kappa shape index (κ1) is 19.6. The third-order valence-corrected chi connectivity index (χ3v) is 4.88. The topological polar surface area (TPSA) is 65.8 Å². The summed E-state index contributed by atoms with van der Waals surface area (Å²) < 4.78 is 38.8. The highest BCUT2D eigenvalue weighted by Gasteiger charge is 2.35. The molecule has 1 atom stereocenters. The molecule has 1 aliphatic rings. The summed E-state index contributed by atoms with van der Waals surface area (Å²) in [6.45, 7) is 0. The predicted octanol–water partition coefficient (Wildman–Crippen LogP) is 4.80. The number of aromatic nitrogens is 1. The number of hydrogen-bond acceptors (Lipinski definition) is 4. The molecule has 1 aliphatic heterocycles. The zero-order valence-corrected chi connectivity index (χ0v) is 15.5. The van der Waals surface area contributed by atoms with Gasteiger partial charge in [0.1, 0.15) is 5.75 Å².